The van der Waals surface area contributed by atoms with Crippen LogP contribution in [0.2, 0.25) is 0 Å². The predicted octanol–water partition coefficient (Wildman–Crippen LogP) is 4.52. The molecule has 0 amide bonds. The van der Waals surface area contributed by atoms with Crippen molar-refractivity contribution in [1.29, 1.82) is 0 Å². The van der Waals surface area contributed by atoms with Crippen molar-refractivity contribution >= 4 is 22.8 Å². The van der Waals surface area contributed by atoms with Gasteiger partial charge in [0.15, 0.2) is 5.65 Å². The number of hydrogen-bond donors (Lipinski definition) is 0. The highest BCUT2D eigenvalue weighted by atomic mass is 35.5. The lowest BCUT2D eigenvalue weighted by Crippen LogP contribution is -2.26. The quantitative estimate of drug-likeness (QED) is 0.781. The van der Waals surface area contributed by atoms with Crippen LogP contribution < -0.4 is 0 Å². The first-order valence-corrected chi connectivity index (χ1v) is 8.54. The van der Waals surface area contributed by atoms with E-state index in [2.05, 4.69) is 24.5 Å². The molecule has 4 heteroatoms. The van der Waals surface area contributed by atoms with E-state index in [1.165, 1.54) is 19.3 Å². The first-order chi connectivity index (χ1) is 10.1. The van der Waals surface area contributed by atoms with Crippen molar-refractivity contribution in [1.82, 2.24) is 14.5 Å². The zero-order chi connectivity index (χ0) is 15.0. The number of halogens is 1. The number of pyridine rings is 1. The van der Waals surface area contributed by atoms with Gasteiger partial charge in [-0.1, -0.05) is 13.8 Å². The summed E-state index contributed by atoms with van der Waals surface area (Å²) in [7, 11) is 0. The molecule has 0 bridgehead atoms. The molecule has 1 saturated carbocycles. The lowest BCUT2D eigenvalue weighted by atomic mass is 9.79. The molecular weight excluding hydrogens is 282 g/mol. The van der Waals surface area contributed by atoms with E-state index in [9.17, 15) is 0 Å². The fraction of sp³-hybridized carbons (Fsp3) is 0.647. The molecule has 0 radical (unpaired) electrons. The number of aromatic nitrogens is 3. The van der Waals surface area contributed by atoms with Crippen LogP contribution in [0.1, 0.15) is 50.7 Å². The molecular formula is C17H24ClN3. The van der Waals surface area contributed by atoms with E-state index in [4.69, 9.17) is 21.6 Å². The Labute approximate surface area is 131 Å². The van der Waals surface area contributed by atoms with Crippen LogP contribution in [0.15, 0.2) is 12.1 Å². The van der Waals surface area contributed by atoms with Crippen LogP contribution in [0.4, 0.5) is 0 Å². The van der Waals surface area contributed by atoms with Crippen LogP contribution in [0, 0.1) is 18.8 Å². The van der Waals surface area contributed by atoms with E-state index in [1.807, 2.05) is 13.0 Å². The van der Waals surface area contributed by atoms with Crippen LogP contribution >= 0.6 is 11.6 Å². The van der Waals surface area contributed by atoms with E-state index < -0.39 is 0 Å². The number of rotatable bonds is 3. The van der Waals surface area contributed by atoms with Crippen molar-refractivity contribution in [3.63, 3.8) is 0 Å². The Morgan fingerprint density at radius 1 is 1.24 bits per heavy atom. The van der Waals surface area contributed by atoms with Crippen LogP contribution in [0.5, 0.6) is 0 Å². The monoisotopic (exact) mass is 305 g/mol. The smallest absolute Gasteiger partial charge is 0.160 e. The minimum atomic E-state index is 0.513. The van der Waals surface area contributed by atoms with Gasteiger partial charge in [0.2, 0.25) is 0 Å². The average Bonchev–Trinajstić information content (AvgIpc) is 2.77. The number of hydrogen-bond acceptors (Lipinski definition) is 2. The summed E-state index contributed by atoms with van der Waals surface area (Å²) in [4.78, 5) is 9.55. The lowest BCUT2D eigenvalue weighted by molar-refractivity contribution is 0.207. The van der Waals surface area contributed by atoms with Gasteiger partial charge in [-0.2, -0.15) is 0 Å². The van der Waals surface area contributed by atoms with Crippen LogP contribution in [0.3, 0.4) is 0 Å². The van der Waals surface area contributed by atoms with E-state index in [1.54, 1.807) is 0 Å². The molecule has 1 aliphatic rings. The molecule has 0 N–H and O–H groups in total. The molecule has 3 rings (SSSR count). The highest BCUT2D eigenvalue weighted by Crippen LogP contribution is 2.39. The number of nitrogens with zero attached hydrogens (tertiary/aromatic N) is 3. The first-order valence-electron chi connectivity index (χ1n) is 8.00. The van der Waals surface area contributed by atoms with Crippen molar-refractivity contribution in [2.45, 2.75) is 52.5 Å². The Morgan fingerprint density at radius 2 is 2.05 bits per heavy atom. The fourth-order valence-corrected chi connectivity index (χ4v) is 3.93. The zero-order valence-corrected chi connectivity index (χ0v) is 13.9. The molecule has 2 aromatic heterocycles. The summed E-state index contributed by atoms with van der Waals surface area (Å²) in [5.74, 6) is 3.21. The fourth-order valence-electron chi connectivity index (χ4n) is 3.76. The molecule has 3 unspecified atom stereocenters. The van der Waals surface area contributed by atoms with Gasteiger partial charge in [0.1, 0.15) is 11.3 Å². The number of fused-ring (bicyclic) bond motifs is 1. The van der Waals surface area contributed by atoms with Gasteiger partial charge in [0, 0.05) is 24.0 Å². The van der Waals surface area contributed by atoms with E-state index in [0.717, 1.165) is 35.0 Å². The number of alkyl halides is 1. The van der Waals surface area contributed by atoms with Crippen LogP contribution in [-0.4, -0.2) is 20.4 Å². The van der Waals surface area contributed by atoms with Crippen molar-refractivity contribution < 1.29 is 0 Å². The van der Waals surface area contributed by atoms with Gasteiger partial charge in [-0.15, -0.1) is 11.6 Å². The minimum absolute atomic E-state index is 0.513. The largest absolute Gasteiger partial charge is 0.309 e. The van der Waals surface area contributed by atoms with Crippen molar-refractivity contribution in [2.24, 2.45) is 11.8 Å². The maximum absolute atomic E-state index is 5.99. The van der Waals surface area contributed by atoms with Crippen molar-refractivity contribution in [3.05, 3.63) is 23.7 Å². The topological polar surface area (TPSA) is 30.7 Å². The van der Waals surface area contributed by atoms with E-state index in [0.29, 0.717) is 17.8 Å². The first kappa shape index (κ1) is 14.8. The summed E-state index contributed by atoms with van der Waals surface area (Å²) in [6, 6.07) is 4.64. The van der Waals surface area contributed by atoms with E-state index in [-0.39, 0.29) is 0 Å². The van der Waals surface area contributed by atoms with Gasteiger partial charge in [0.05, 0.1) is 0 Å². The molecule has 2 aromatic rings. The third-order valence-electron chi connectivity index (χ3n) is 4.79. The molecule has 0 spiro atoms. The predicted molar refractivity (Wildman–Crippen MR) is 87.9 cm³/mol. The molecule has 0 saturated heterocycles. The molecule has 1 aliphatic carbocycles. The summed E-state index contributed by atoms with van der Waals surface area (Å²) in [5, 5.41) is 0. The van der Waals surface area contributed by atoms with Gasteiger partial charge < -0.3 is 4.57 Å². The average molecular weight is 306 g/mol. The second-order valence-corrected chi connectivity index (χ2v) is 6.97. The standard InChI is InChI=1S/C17H24ClN3/c1-11-4-7-15(12(2)10-11)21-16(8-9-18)20-14-6-5-13(3)19-17(14)21/h5-6,11-12,15H,4,7-10H2,1-3H3. The zero-order valence-electron chi connectivity index (χ0n) is 13.1. The van der Waals surface area contributed by atoms with Gasteiger partial charge in [-0.3, -0.25) is 0 Å². The highest BCUT2D eigenvalue weighted by molar-refractivity contribution is 6.17. The third kappa shape index (κ3) is 2.80. The van der Waals surface area contributed by atoms with Crippen molar-refractivity contribution in [3.8, 4) is 0 Å². The molecule has 114 valence electrons. The molecule has 1 fully saturated rings. The maximum Gasteiger partial charge on any atom is 0.160 e. The Kier molecular flexibility index (Phi) is 4.21. The second-order valence-electron chi connectivity index (χ2n) is 6.60. The Morgan fingerprint density at radius 3 is 2.76 bits per heavy atom. The molecule has 21 heavy (non-hydrogen) atoms. The lowest BCUT2D eigenvalue weighted by Gasteiger charge is -2.34. The molecule has 3 nitrogen and oxygen atoms in total. The maximum atomic E-state index is 5.99. The summed E-state index contributed by atoms with van der Waals surface area (Å²) in [5.41, 5.74) is 3.10. The molecule has 0 aliphatic heterocycles. The summed E-state index contributed by atoms with van der Waals surface area (Å²) < 4.78 is 2.39. The third-order valence-corrected chi connectivity index (χ3v) is 4.97. The molecule has 0 aromatic carbocycles. The molecule has 3 atom stereocenters. The Hall–Kier alpha value is -1.09. The number of aryl methyl sites for hydroxylation is 2. The van der Waals surface area contributed by atoms with Crippen molar-refractivity contribution in [2.75, 3.05) is 5.88 Å². The highest BCUT2D eigenvalue weighted by Gasteiger charge is 2.29. The van der Waals surface area contributed by atoms with Crippen LogP contribution in [-0.2, 0) is 6.42 Å². The second kappa shape index (κ2) is 5.96. The molecule has 2 heterocycles. The Bertz CT molecular complexity index is 634. The van der Waals surface area contributed by atoms with Crippen LogP contribution in [0.25, 0.3) is 11.2 Å². The SMILES string of the molecule is Cc1ccc2nc(CCCl)n(C3CCC(C)CC3C)c2n1. The minimum Gasteiger partial charge on any atom is -0.309 e. The summed E-state index contributed by atoms with van der Waals surface area (Å²) >= 11 is 5.99. The van der Waals surface area contributed by atoms with Gasteiger partial charge in [-0.25, -0.2) is 9.97 Å². The van der Waals surface area contributed by atoms with Gasteiger partial charge in [0.25, 0.3) is 0 Å². The summed E-state index contributed by atoms with van der Waals surface area (Å²) in [6.07, 6.45) is 4.62. The normalized spacial score (nSPS) is 26.4. The van der Waals surface area contributed by atoms with E-state index >= 15 is 0 Å². The Balaban J connectivity index is 2.10. The van der Waals surface area contributed by atoms with Gasteiger partial charge in [-0.05, 0) is 50.2 Å². The number of imidazole rings is 1. The van der Waals surface area contributed by atoms with Gasteiger partial charge >= 0.3 is 0 Å². The summed E-state index contributed by atoms with van der Waals surface area (Å²) in [6.45, 7) is 6.78.